The molecule has 0 atom stereocenters. The molecule has 2 N–H and O–H groups in total. The lowest BCUT2D eigenvalue weighted by Gasteiger charge is -2.33. The van der Waals surface area contributed by atoms with E-state index in [1.807, 2.05) is 38.1 Å². The molecule has 7 nitrogen and oxygen atoms in total. The molecule has 0 saturated carbocycles. The van der Waals surface area contributed by atoms with Gasteiger partial charge in [-0.15, -0.1) is 0 Å². The van der Waals surface area contributed by atoms with E-state index in [2.05, 4.69) is 15.5 Å². The number of carbonyl (C=O) groups excluding carboxylic acids is 2. The second-order valence-electron chi connectivity index (χ2n) is 6.91. The fourth-order valence-electron chi connectivity index (χ4n) is 3.24. The number of esters is 1. The van der Waals surface area contributed by atoms with Gasteiger partial charge in [-0.3, -0.25) is 9.59 Å². The number of ether oxygens (including phenoxy) is 1. The molecule has 1 fully saturated rings. The average molecular weight is 389 g/mol. The van der Waals surface area contributed by atoms with Crippen molar-refractivity contribution in [2.24, 2.45) is 10.9 Å². The third kappa shape index (κ3) is 6.25. The first-order chi connectivity index (χ1) is 13.6. The molecule has 1 aliphatic heterocycles. The second-order valence-corrected chi connectivity index (χ2v) is 6.91. The van der Waals surface area contributed by atoms with E-state index in [0.29, 0.717) is 18.7 Å². The number of nitrogens with zero attached hydrogens (tertiary/aromatic N) is 2. The Kier molecular flexibility index (Phi) is 8.78. The molecule has 1 amide bonds. The average Bonchev–Trinajstić information content (AvgIpc) is 2.74. The lowest BCUT2D eigenvalue weighted by Crippen LogP contribution is -2.46. The van der Waals surface area contributed by atoms with Crippen LogP contribution in [0.25, 0.3) is 0 Å². The van der Waals surface area contributed by atoms with E-state index in [4.69, 9.17) is 9.73 Å². The minimum absolute atomic E-state index is 0.0255. The Labute approximate surface area is 167 Å². The standard InChI is InChI=1S/C21H32N4O3/c1-4-11-23-19(26)18-8-6-7-16(14-18)15-24-21(22-5-2)25-12-9-17(10-13-25)20(27)28-3/h6-8,14,17H,4-5,9-13,15H2,1-3H3,(H,22,24)(H,23,26). The summed E-state index contributed by atoms with van der Waals surface area (Å²) in [7, 11) is 1.44. The molecule has 2 rings (SSSR count). The normalized spacial score (nSPS) is 15.2. The molecule has 154 valence electrons. The van der Waals surface area contributed by atoms with E-state index >= 15 is 0 Å². The highest BCUT2D eigenvalue weighted by Crippen LogP contribution is 2.18. The maximum Gasteiger partial charge on any atom is 0.308 e. The first-order valence-corrected chi connectivity index (χ1v) is 10.1. The van der Waals surface area contributed by atoms with Gasteiger partial charge in [-0.25, -0.2) is 4.99 Å². The number of likely N-dealkylation sites (tertiary alicyclic amines) is 1. The van der Waals surface area contributed by atoms with Crippen molar-refractivity contribution in [3.63, 3.8) is 0 Å². The summed E-state index contributed by atoms with van der Waals surface area (Å²) in [6, 6.07) is 7.58. The van der Waals surface area contributed by atoms with E-state index in [9.17, 15) is 9.59 Å². The topological polar surface area (TPSA) is 83.0 Å². The zero-order valence-corrected chi connectivity index (χ0v) is 17.2. The van der Waals surface area contributed by atoms with Crippen LogP contribution >= 0.6 is 0 Å². The van der Waals surface area contributed by atoms with Crippen LogP contribution in [-0.2, 0) is 16.1 Å². The third-order valence-electron chi connectivity index (χ3n) is 4.80. The smallest absolute Gasteiger partial charge is 0.308 e. The van der Waals surface area contributed by atoms with Crippen LogP contribution in [0.1, 0.15) is 49.0 Å². The van der Waals surface area contributed by atoms with E-state index in [0.717, 1.165) is 50.4 Å². The van der Waals surface area contributed by atoms with Crippen LogP contribution in [0.4, 0.5) is 0 Å². The second kappa shape index (κ2) is 11.3. The number of hydrogen-bond acceptors (Lipinski definition) is 4. The fraction of sp³-hybridized carbons (Fsp3) is 0.571. The number of benzene rings is 1. The number of aliphatic imine (C=N–C) groups is 1. The monoisotopic (exact) mass is 388 g/mol. The fourth-order valence-corrected chi connectivity index (χ4v) is 3.24. The highest BCUT2D eigenvalue weighted by Gasteiger charge is 2.26. The molecule has 0 unspecified atom stereocenters. The quantitative estimate of drug-likeness (QED) is 0.425. The number of nitrogens with one attached hydrogen (secondary N) is 2. The number of rotatable bonds is 7. The summed E-state index contributed by atoms with van der Waals surface area (Å²) in [5.41, 5.74) is 1.65. The number of hydrogen-bond donors (Lipinski definition) is 2. The van der Waals surface area contributed by atoms with Gasteiger partial charge < -0.3 is 20.3 Å². The Bertz CT molecular complexity index is 682. The Morgan fingerprint density at radius 1 is 1.21 bits per heavy atom. The van der Waals surface area contributed by atoms with Crippen molar-refractivity contribution in [3.8, 4) is 0 Å². The molecule has 1 heterocycles. The van der Waals surface area contributed by atoms with Crippen molar-refractivity contribution in [2.75, 3.05) is 33.3 Å². The maximum atomic E-state index is 12.1. The molecule has 1 aromatic rings. The molecule has 1 saturated heterocycles. The van der Waals surface area contributed by atoms with Gasteiger partial charge in [0, 0.05) is 31.7 Å². The zero-order chi connectivity index (χ0) is 20.4. The highest BCUT2D eigenvalue weighted by atomic mass is 16.5. The Morgan fingerprint density at radius 2 is 1.96 bits per heavy atom. The molecule has 0 spiro atoms. The van der Waals surface area contributed by atoms with E-state index in [1.165, 1.54) is 7.11 Å². The highest BCUT2D eigenvalue weighted by molar-refractivity contribution is 5.94. The number of guanidine groups is 1. The molecular weight excluding hydrogens is 356 g/mol. The molecule has 1 aliphatic rings. The van der Waals surface area contributed by atoms with Gasteiger partial charge in [0.15, 0.2) is 5.96 Å². The summed E-state index contributed by atoms with van der Waals surface area (Å²) in [5, 5.41) is 6.22. The molecule has 0 aromatic heterocycles. The van der Waals surface area contributed by atoms with Crippen LogP contribution < -0.4 is 10.6 Å². The van der Waals surface area contributed by atoms with Crippen molar-refractivity contribution in [1.29, 1.82) is 0 Å². The zero-order valence-electron chi connectivity index (χ0n) is 17.2. The molecule has 0 bridgehead atoms. The molecule has 0 aliphatic carbocycles. The van der Waals surface area contributed by atoms with Gasteiger partial charge in [0.05, 0.1) is 19.6 Å². The van der Waals surface area contributed by atoms with E-state index in [1.54, 1.807) is 0 Å². The lowest BCUT2D eigenvalue weighted by molar-refractivity contribution is -0.146. The van der Waals surface area contributed by atoms with E-state index in [-0.39, 0.29) is 17.8 Å². The summed E-state index contributed by atoms with van der Waals surface area (Å²) in [6.45, 7) is 7.55. The van der Waals surface area contributed by atoms with Crippen molar-refractivity contribution < 1.29 is 14.3 Å². The third-order valence-corrected chi connectivity index (χ3v) is 4.80. The van der Waals surface area contributed by atoms with Gasteiger partial charge in [0.25, 0.3) is 5.91 Å². The molecule has 7 heteroatoms. The van der Waals surface area contributed by atoms with Gasteiger partial charge >= 0.3 is 5.97 Å². The van der Waals surface area contributed by atoms with Crippen molar-refractivity contribution in [3.05, 3.63) is 35.4 Å². The first kappa shape index (κ1) is 21.7. The summed E-state index contributed by atoms with van der Waals surface area (Å²) in [6.07, 6.45) is 2.45. The minimum atomic E-state index is -0.125. The Balaban J connectivity index is 2.01. The molecule has 1 aromatic carbocycles. The number of methoxy groups -OCH3 is 1. The maximum absolute atomic E-state index is 12.1. The van der Waals surface area contributed by atoms with Gasteiger partial charge in [-0.2, -0.15) is 0 Å². The van der Waals surface area contributed by atoms with E-state index < -0.39 is 0 Å². The van der Waals surface area contributed by atoms with Gasteiger partial charge in [0.2, 0.25) is 0 Å². The molecular formula is C21H32N4O3. The number of amides is 1. The van der Waals surface area contributed by atoms with Gasteiger partial charge in [-0.05, 0) is 43.9 Å². The van der Waals surface area contributed by atoms with Gasteiger partial charge in [0.1, 0.15) is 0 Å². The van der Waals surface area contributed by atoms with Crippen LogP contribution in [0.2, 0.25) is 0 Å². The first-order valence-electron chi connectivity index (χ1n) is 10.1. The summed E-state index contributed by atoms with van der Waals surface area (Å²) in [5.74, 6) is 0.637. The Morgan fingerprint density at radius 3 is 2.61 bits per heavy atom. The van der Waals surface area contributed by atoms with Crippen molar-refractivity contribution >= 4 is 17.8 Å². The van der Waals surface area contributed by atoms with Gasteiger partial charge in [-0.1, -0.05) is 19.1 Å². The summed E-state index contributed by atoms with van der Waals surface area (Å²) >= 11 is 0. The minimum Gasteiger partial charge on any atom is -0.469 e. The predicted molar refractivity (Wildman–Crippen MR) is 110 cm³/mol. The summed E-state index contributed by atoms with van der Waals surface area (Å²) < 4.78 is 4.86. The molecule has 28 heavy (non-hydrogen) atoms. The Hall–Kier alpha value is -2.57. The van der Waals surface area contributed by atoms with Crippen LogP contribution in [0.5, 0.6) is 0 Å². The van der Waals surface area contributed by atoms with Crippen LogP contribution in [0.3, 0.4) is 0 Å². The van der Waals surface area contributed by atoms with Crippen LogP contribution in [0, 0.1) is 5.92 Å². The largest absolute Gasteiger partial charge is 0.469 e. The number of piperidine rings is 1. The predicted octanol–water partition coefficient (Wildman–Crippen LogP) is 2.18. The molecule has 0 radical (unpaired) electrons. The number of carbonyl (C=O) groups is 2. The van der Waals surface area contributed by atoms with Crippen LogP contribution in [0.15, 0.2) is 29.3 Å². The summed E-state index contributed by atoms with van der Waals surface area (Å²) in [4.78, 5) is 30.8. The van der Waals surface area contributed by atoms with Crippen molar-refractivity contribution in [1.82, 2.24) is 15.5 Å². The lowest BCUT2D eigenvalue weighted by atomic mass is 9.97. The van der Waals surface area contributed by atoms with Crippen LogP contribution in [-0.4, -0.2) is 56.0 Å². The van der Waals surface area contributed by atoms with Crippen molar-refractivity contribution in [2.45, 2.75) is 39.7 Å². The SMILES string of the molecule is CCCNC(=O)c1cccc(CN=C(NCC)N2CCC(C(=O)OC)CC2)c1.